The summed E-state index contributed by atoms with van der Waals surface area (Å²) in [6, 6.07) is 10.1. The molecule has 2 aromatic heterocycles. The molecule has 0 spiro atoms. The van der Waals surface area contributed by atoms with Crippen LogP contribution in [0.25, 0.3) is 10.2 Å². The van der Waals surface area contributed by atoms with Crippen molar-refractivity contribution in [3.05, 3.63) is 62.5 Å². The molecule has 6 heteroatoms. The van der Waals surface area contributed by atoms with E-state index >= 15 is 0 Å². The van der Waals surface area contributed by atoms with E-state index in [0.717, 1.165) is 20.8 Å². The summed E-state index contributed by atoms with van der Waals surface area (Å²) in [7, 11) is 0. The van der Waals surface area contributed by atoms with Crippen molar-refractivity contribution >= 4 is 21.6 Å². The van der Waals surface area contributed by atoms with Gasteiger partial charge in [-0.15, -0.1) is 11.3 Å². The molecule has 0 bridgehead atoms. The van der Waals surface area contributed by atoms with Crippen LogP contribution in [-0.4, -0.2) is 33.1 Å². The van der Waals surface area contributed by atoms with Crippen molar-refractivity contribution in [2.45, 2.75) is 26.9 Å². The number of thiophene rings is 1. The van der Waals surface area contributed by atoms with Crippen molar-refractivity contribution in [1.29, 1.82) is 0 Å². The van der Waals surface area contributed by atoms with Gasteiger partial charge in [0.25, 0.3) is 5.56 Å². The number of aliphatic hydroxyl groups excluding tert-OH is 1. The monoisotopic (exact) mass is 343 g/mol. The lowest BCUT2D eigenvalue weighted by Gasteiger charge is -2.20. The molecule has 5 nitrogen and oxygen atoms in total. The Hall–Kier alpha value is -2.02. The quantitative estimate of drug-likeness (QED) is 0.722. The van der Waals surface area contributed by atoms with Crippen molar-refractivity contribution in [2.24, 2.45) is 0 Å². The van der Waals surface area contributed by atoms with Crippen molar-refractivity contribution in [2.75, 3.05) is 13.2 Å². The van der Waals surface area contributed by atoms with Gasteiger partial charge in [0, 0.05) is 18.0 Å². The minimum Gasteiger partial charge on any atom is -0.395 e. The smallest absolute Gasteiger partial charge is 0.259 e. The SMILES string of the molecule is Cc1sc2nc(CN(CCO)Cc3ccccc3)[nH]c(=O)c2c1C. The molecule has 0 fully saturated rings. The van der Waals surface area contributed by atoms with Gasteiger partial charge in [-0.2, -0.15) is 0 Å². The molecular formula is C18H21N3O2S. The van der Waals surface area contributed by atoms with Crippen LogP contribution in [0.2, 0.25) is 0 Å². The highest BCUT2D eigenvalue weighted by atomic mass is 32.1. The predicted molar refractivity (Wildman–Crippen MR) is 97.4 cm³/mol. The Bertz CT molecular complexity index is 886. The van der Waals surface area contributed by atoms with Gasteiger partial charge in [0.15, 0.2) is 0 Å². The summed E-state index contributed by atoms with van der Waals surface area (Å²) >= 11 is 1.55. The fourth-order valence-electron chi connectivity index (χ4n) is 2.78. The molecule has 0 aliphatic rings. The first-order chi connectivity index (χ1) is 11.6. The van der Waals surface area contributed by atoms with Gasteiger partial charge in [0.2, 0.25) is 0 Å². The number of nitrogens with one attached hydrogen (secondary N) is 1. The van der Waals surface area contributed by atoms with E-state index in [4.69, 9.17) is 0 Å². The van der Waals surface area contributed by atoms with Gasteiger partial charge in [0.1, 0.15) is 10.7 Å². The third kappa shape index (κ3) is 3.56. The van der Waals surface area contributed by atoms with Gasteiger partial charge >= 0.3 is 0 Å². The normalized spacial score (nSPS) is 11.5. The van der Waals surface area contributed by atoms with E-state index in [9.17, 15) is 9.90 Å². The van der Waals surface area contributed by atoms with Gasteiger partial charge in [0.05, 0.1) is 18.5 Å². The Morgan fingerprint density at radius 1 is 1.21 bits per heavy atom. The number of aromatic nitrogens is 2. The second kappa shape index (κ2) is 7.25. The topological polar surface area (TPSA) is 69.2 Å². The second-order valence-electron chi connectivity index (χ2n) is 5.90. The highest BCUT2D eigenvalue weighted by Crippen LogP contribution is 2.25. The Morgan fingerprint density at radius 3 is 2.67 bits per heavy atom. The molecule has 0 saturated heterocycles. The summed E-state index contributed by atoms with van der Waals surface area (Å²) in [6.07, 6.45) is 0. The zero-order valence-electron chi connectivity index (χ0n) is 13.9. The van der Waals surface area contributed by atoms with E-state index in [2.05, 4.69) is 27.0 Å². The first-order valence-electron chi connectivity index (χ1n) is 7.94. The molecule has 3 rings (SSSR count). The number of H-pyrrole nitrogens is 1. The standard InChI is InChI=1S/C18H21N3O2S/c1-12-13(2)24-18-16(12)17(23)19-15(20-18)11-21(8-9-22)10-14-6-4-3-5-7-14/h3-7,22H,8-11H2,1-2H3,(H,19,20,23). The molecule has 0 aliphatic heterocycles. The summed E-state index contributed by atoms with van der Waals surface area (Å²) in [5.41, 5.74) is 2.09. The van der Waals surface area contributed by atoms with E-state index in [1.807, 2.05) is 32.0 Å². The Balaban J connectivity index is 1.87. The number of aryl methyl sites for hydroxylation is 2. The molecule has 1 aromatic carbocycles. The zero-order chi connectivity index (χ0) is 17.1. The van der Waals surface area contributed by atoms with Crippen molar-refractivity contribution in [1.82, 2.24) is 14.9 Å². The molecule has 0 saturated carbocycles. The highest BCUT2D eigenvalue weighted by Gasteiger charge is 2.14. The summed E-state index contributed by atoms with van der Waals surface area (Å²) in [5, 5.41) is 10.0. The number of benzene rings is 1. The zero-order valence-corrected chi connectivity index (χ0v) is 14.7. The third-order valence-electron chi connectivity index (χ3n) is 4.13. The molecule has 2 N–H and O–H groups in total. The van der Waals surface area contributed by atoms with Crippen LogP contribution in [0.5, 0.6) is 0 Å². The van der Waals surface area contributed by atoms with Gasteiger partial charge in [-0.1, -0.05) is 30.3 Å². The number of rotatable bonds is 6. The van der Waals surface area contributed by atoms with Crippen LogP contribution in [0.1, 0.15) is 21.8 Å². The highest BCUT2D eigenvalue weighted by molar-refractivity contribution is 7.18. The fourth-order valence-corrected chi connectivity index (χ4v) is 3.83. The molecular weight excluding hydrogens is 322 g/mol. The maximum atomic E-state index is 12.4. The Kier molecular flexibility index (Phi) is 5.08. The first kappa shape index (κ1) is 16.8. The van der Waals surface area contributed by atoms with Crippen LogP contribution in [0, 0.1) is 13.8 Å². The Morgan fingerprint density at radius 2 is 1.96 bits per heavy atom. The number of aliphatic hydroxyl groups is 1. The summed E-state index contributed by atoms with van der Waals surface area (Å²) in [4.78, 5) is 23.9. The average Bonchev–Trinajstić information content (AvgIpc) is 2.83. The van der Waals surface area contributed by atoms with E-state index < -0.39 is 0 Å². The first-order valence-corrected chi connectivity index (χ1v) is 8.76. The number of hydrogen-bond acceptors (Lipinski definition) is 5. The van der Waals surface area contributed by atoms with Crippen LogP contribution in [-0.2, 0) is 13.1 Å². The van der Waals surface area contributed by atoms with Crippen LogP contribution >= 0.6 is 11.3 Å². The number of nitrogens with zero attached hydrogens (tertiary/aromatic N) is 2. The van der Waals surface area contributed by atoms with Gasteiger partial charge in [-0.25, -0.2) is 4.98 Å². The van der Waals surface area contributed by atoms with Crippen LogP contribution in [0.4, 0.5) is 0 Å². The Labute approximate surface area is 144 Å². The van der Waals surface area contributed by atoms with Gasteiger partial charge < -0.3 is 10.1 Å². The maximum absolute atomic E-state index is 12.4. The molecule has 24 heavy (non-hydrogen) atoms. The number of fused-ring (bicyclic) bond motifs is 1. The lowest BCUT2D eigenvalue weighted by molar-refractivity contribution is 0.181. The third-order valence-corrected chi connectivity index (χ3v) is 5.23. The second-order valence-corrected chi connectivity index (χ2v) is 7.10. The van der Waals surface area contributed by atoms with Crippen LogP contribution in [0.15, 0.2) is 35.1 Å². The average molecular weight is 343 g/mol. The number of hydrogen-bond donors (Lipinski definition) is 2. The molecule has 126 valence electrons. The molecule has 0 aliphatic carbocycles. The largest absolute Gasteiger partial charge is 0.395 e. The lowest BCUT2D eigenvalue weighted by Crippen LogP contribution is -2.28. The van der Waals surface area contributed by atoms with Gasteiger partial charge in [-0.3, -0.25) is 9.69 Å². The molecule has 0 amide bonds. The van der Waals surface area contributed by atoms with E-state index in [1.54, 1.807) is 11.3 Å². The van der Waals surface area contributed by atoms with E-state index in [1.165, 1.54) is 0 Å². The maximum Gasteiger partial charge on any atom is 0.259 e. The van der Waals surface area contributed by atoms with Crippen LogP contribution in [0.3, 0.4) is 0 Å². The molecule has 0 radical (unpaired) electrons. The van der Waals surface area contributed by atoms with Crippen molar-refractivity contribution in [3.8, 4) is 0 Å². The molecule has 0 unspecified atom stereocenters. The fraction of sp³-hybridized carbons (Fsp3) is 0.333. The molecule has 0 atom stereocenters. The summed E-state index contributed by atoms with van der Waals surface area (Å²) in [5.74, 6) is 0.637. The minimum absolute atomic E-state index is 0.0660. The summed E-state index contributed by atoms with van der Waals surface area (Å²) in [6.45, 7) is 5.75. The lowest BCUT2D eigenvalue weighted by atomic mass is 10.2. The van der Waals surface area contributed by atoms with Crippen LogP contribution < -0.4 is 5.56 Å². The molecule has 2 heterocycles. The van der Waals surface area contributed by atoms with Crippen molar-refractivity contribution < 1.29 is 5.11 Å². The van der Waals surface area contributed by atoms with Crippen molar-refractivity contribution in [3.63, 3.8) is 0 Å². The van der Waals surface area contributed by atoms with E-state index in [-0.39, 0.29) is 12.2 Å². The minimum atomic E-state index is -0.0829. The number of aromatic amines is 1. The predicted octanol–water partition coefficient (Wildman–Crippen LogP) is 2.60. The van der Waals surface area contributed by atoms with Gasteiger partial charge in [-0.05, 0) is 25.0 Å². The van der Waals surface area contributed by atoms with E-state index in [0.29, 0.717) is 30.8 Å². The molecule has 3 aromatic rings. The summed E-state index contributed by atoms with van der Waals surface area (Å²) < 4.78 is 0.